The molecule has 0 fully saturated rings. The van der Waals surface area contributed by atoms with Crippen LogP contribution in [0, 0.1) is 0 Å². The highest BCUT2D eigenvalue weighted by molar-refractivity contribution is 6.29. The average Bonchev–Trinajstić information content (AvgIpc) is 2.72. The van der Waals surface area contributed by atoms with Crippen molar-refractivity contribution in [2.75, 3.05) is 0 Å². The van der Waals surface area contributed by atoms with E-state index < -0.39 is 18.0 Å². The molecule has 19 heavy (non-hydrogen) atoms. The van der Waals surface area contributed by atoms with E-state index in [0.29, 0.717) is 0 Å². The fourth-order valence-electron chi connectivity index (χ4n) is 1.51. The van der Waals surface area contributed by atoms with E-state index in [-0.39, 0.29) is 16.5 Å². The fraction of sp³-hybridized carbons (Fsp3) is 0.300. The van der Waals surface area contributed by atoms with Crippen molar-refractivity contribution in [3.63, 3.8) is 0 Å². The molecule has 0 aliphatic rings. The lowest BCUT2D eigenvalue weighted by Gasteiger charge is -2.13. The average molecular weight is 293 g/mol. The number of aromatic nitrogens is 4. The molecule has 0 saturated carbocycles. The summed E-state index contributed by atoms with van der Waals surface area (Å²) in [6, 6.07) is 1.88. The van der Waals surface area contributed by atoms with E-state index in [1.54, 1.807) is 7.05 Å². The minimum Gasteiger partial charge on any atom is -0.380 e. The topological polar surface area (TPSA) is 63.8 Å². The van der Waals surface area contributed by atoms with E-state index in [1.807, 2.05) is 0 Å². The zero-order valence-corrected chi connectivity index (χ0v) is 10.3. The zero-order chi connectivity index (χ0) is 14.2. The molecule has 1 unspecified atom stereocenters. The smallest absolute Gasteiger partial charge is 0.380 e. The maximum Gasteiger partial charge on any atom is 0.433 e. The summed E-state index contributed by atoms with van der Waals surface area (Å²) in [5, 5.41) is 16.8. The molecule has 2 heterocycles. The summed E-state index contributed by atoms with van der Waals surface area (Å²) in [7, 11) is 1.56. The molecule has 0 amide bonds. The van der Waals surface area contributed by atoms with Gasteiger partial charge in [-0.05, 0) is 17.7 Å². The Morgan fingerprint density at radius 2 is 2.05 bits per heavy atom. The molecule has 1 N–H and O–H groups in total. The second-order valence-electron chi connectivity index (χ2n) is 3.81. The van der Waals surface area contributed by atoms with Crippen LogP contribution in [-0.4, -0.2) is 24.9 Å². The Hall–Kier alpha value is -1.67. The largest absolute Gasteiger partial charge is 0.433 e. The molecular formula is C10H8ClF3N4O. The highest BCUT2D eigenvalue weighted by atomic mass is 35.5. The predicted octanol–water partition coefficient (Wildman–Crippen LogP) is 1.96. The van der Waals surface area contributed by atoms with Crippen molar-refractivity contribution in [2.45, 2.75) is 12.3 Å². The van der Waals surface area contributed by atoms with Crippen LogP contribution in [-0.2, 0) is 13.2 Å². The van der Waals surface area contributed by atoms with Gasteiger partial charge in [0.05, 0.1) is 0 Å². The molecular weight excluding hydrogens is 285 g/mol. The third-order valence-corrected chi connectivity index (χ3v) is 2.61. The van der Waals surface area contributed by atoms with Gasteiger partial charge in [-0.2, -0.15) is 13.2 Å². The van der Waals surface area contributed by atoms with Crippen LogP contribution in [0.4, 0.5) is 13.2 Å². The van der Waals surface area contributed by atoms with Crippen molar-refractivity contribution >= 4 is 11.6 Å². The predicted molar refractivity (Wildman–Crippen MR) is 59.3 cm³/mol. The first-order valence-corrected chi connectivity index (χ1v) is 5.43. The summed E-state index contributed by atoms with van der Waals surface area (Å²) >= 11 is 5.54. The van der Waals surface area contributed by atoms with E-state index in [4.69, 9.17) is 11.6 Å². The van der Waals surface area contributed by atoms with Crippen molar-refractivity contribution in [1.82, 2.24) is 19.7 Å². The number of aryl methyl sites for hydroxylation is 1. The summed E-state index contributed by atoms with van der Waals surface area (Å²) < 4.78 is 39.2. The van der Waals surface area contributed by atoms with Crippen molar-refractivity contribution in [1.29, 1.82) is 0 Å². The van der Waals surface area contributed by atoms with Gasteiger partial charge in [0, 0.05) is 7.05 Å². The van der Waals surface area contributed by atoms with Crippen molar-refractivity contribution in [3.05, 3.63) is 40.7 Å². The molecule has 0 bridgehead atoms. The number of hydrogen-bond donors (Lipinski definition) is 1. The summed E-state index contributed by atoms with van der Waals surface area (Å²) in [4.78, 5) is 3.18. The molecule has 2 aromatic heterocycles. The summed E-state index contributed by atoms with van der Waals surface area (Å²) in [5.74, 6) is 0.107. The molecule has 1 atom stereocenters. The molecule has 0 aliphatic carbocycles. The van der Waals surface area contributed by atoms with Crippen LogP contribution in [0.1, 0.15) is 23.2 Å². The molecule has 0 saturated heterocycles. The van der Waals surface area contributed by atoms with Gasteiger partial charge < -0.3 is 9.67 Å². The van der Waals surface area contributed by atoms with Crippen LogP contribution in [0.25, 0.3) is 0 Å². The van der Waals surface area contributed by atoms with Crippen LogP contribution in [0.3, 0.4) is 0 Å². The first-order valence-electron chi connectivity index (χ1n) is 5.05. The lowest BCUT2D eigenvalue weighted by atomic mass is 10.1. The maximum absolute atomic E-state index is 12.6. The zero-order valence-electron chi connectivity index (χ0n) is 9.56. The van der Waals surface area contributed by atoms with E-state index >= 15 is 0 Å². The Kier molecular flexibility index (Phi) is 3.46. The standard InChI is InChI=1S/C10H8ClF3N4O/c1-18-4-15-17-9(18)8(19)5-2-6(10(12,13)14)16-7(11)3-5/h2-4,8,19H,1H3. The van der Waals surface area contributed by atoms with Crippen LogP contribution < -0.4 is 0 Å². The van der Waals surface area contributed by atoms with Crippen molar-refractivity contribution in [2.24, 2.45) is 7.05 Å². The fourth-order valence-corrected chi connectivity index (χ4v) is 1.73. The molecule has 5 nitrogen and oxygen atoms in total. The van der Waals surface area contributed by atoms with Crippen molar-refractivity contribution in [3.8, 4) is 0 Å². The second-order valence-corrected chi connectivity index (χ2v) is 4.20. The van der Waals surface area contributed by atoms with E-state index in [2.05, 4.69) is 15.2 Å². The van der Waals surface area contributed by atoms with E-state index in [0.717, 1.165) is 12.1 Å². The highest BCUT2D eigenvalue weighted by Gasteiger charge is 2.34. The first kappa shape index (κ1) is 13.8. The monoisotopic (exact) mass is 292 g/mol. The molecule has 0 aliphatic heterocycles. The summed E-state index contributed by atoms with van der Waals surface area (Å²) in [6.07, 6.45) is -4.68. The van der Waals surface area contributed by atoms with Gasteiger partial charge in [-0.1, -0.05) is 11.6 Å². The number of aliphatic hydroxyl groups excluding tert-OH is 1. The Bertz CT molecular complexity index is 599. The van der Waals surface area contributed by atoms with E-state index in [1.165, 1.54) is 10.9 Å². The number of pyridine rings is 1. The van der Waals surface area contributed by atoms with Gasteiger partial charge in [-0.15, -0.1) is 10.2 Å². The normalized spacial score (nSPS) is 13.6. The molecule has 2 rings (SSSR count). The van der Waals surface area contributed by atoms with Gasteiger partial charge in [-0.25, -0.2) is 4.98 Å². The molecule has 2 aromatic rings. The number of aliphatic hydroxyl groups is 1. The third-order valence-electron chi connectivity index (χ3n) is 2.41. The van der Waals surface area contributed by atoms with Crippen LogP contribution in [0.5, 0.6) is 0 Å². The molecule has 102 valence electrons. The molecule has 0 aromatic carbocycles. The first-order chi connectivity index (χ1) is 8.79. The third kappa shape index (κ3) is 2.85. The van der Waals surface area contributed by atoms with Gasteiger partial charge in [-0.3, -0.25) is 0 Å². The molecule has 9 heteroatoms. The molecule has 0 spiro atoms. The summed E-state index contributed by atoms with van der Waals surface area (Å²) in [6.45, 7) is 0. The van der Waals surface area contributed by atoms with Crippen LogP contribution >= 0.6 is 11.6 Å². The van der Waals surface area contributed by atoms with Crippen LogP contribution in [0.2, 0.25) is 5.15 Å². The quantitative estimate of drug-likeness (QED) is 0.860. The SMILES string of the molecule is Cn1cnnc1C(O)c1cc(Cl)nc(C(F)(F)F)c1. The maximum atomic E-state index is 12.6. The number of rotatable bonds is 2. The second kappa shape index (κ2) is 4.78. The Labute approximate surface area is 110 Å². The number of nitrogens with zero attached hydrogens (tertiary/aromatic N) is 4. The summed E-state index contributed by atoms with van der Waals surface area (Å²) in [5.41, 5.74) is -1.22. The van der Waals surface area contributed by atoms with Crippen molar-refractivity contribution < 1.29 is 18.3 Å². The highest BCUT2D eigenvalue weighted by Crippen LogP contribution is 2.31. The van der Waals surface area contributed by atoms with Gasteiger partial charge in [0.2, 0.25) is 0 Å². The van der Waals surface area contributed by atoms with Gasteiger partial charge in [0.15, 0.2) is 5.82 Å². The number of hydrogen-bond acceptors (Lipinski definition) is 4. The van der Waals surface area contributed by atoms with Gasteiger partial charge >= 0.3 is 6.18 Å². The van der Waals surface area contributed by atoms with Gasteiger partial charge in [0.25, 0.3) is 0 Å². The Morgan fingerprint density at radius 3 is 2.58 bits per heavy atom. The Morgan fingerprint density at radius 1 is 1.37 bits per heavy atom. The lowest BCUT2D eigenvalue weighted by Crippen LogP contribution is -2.12. The lowest BCUT2D eigenvalue weighted by molar-refractivity contribution is -0.141. The Balaban J connectivity index is 2.46. The minimum absolute atomic E-state index is 0.0524. The number of halogens is 4. The van der Waals surface area contributed by atoms with Gasteiger partial charge in [0.1, 0.15) is 23.3 Å². The van der Waals surface area contributed by atoms with Crippen LogP contribution in [0.15, 0.2) is 18.5 Å². The van der Waals surface area contributed by atoms with E-state index in [9.17, 15) is 18.3 Å². The number of alkyl halides is 3. The minimum atomic E-state index is -4.64. The molecule has 0 radical (unpaired) electrons.